The van der Waals surface area contributed by atoms with Crippen LogP contribution in [0.15, 0.2) is 30.6 Å². The number of likely N-dealkylation sites (tertiary alicyclic amines) is 1. The second kappa shape index (κ2) is 9.63. The summed E-state index contributed by atoms with van der Waals surface area (Å²) in [7, 11) is 5.66. The number of hydrogen-bond donors (Lipinski definition) is 1. The molecule has 170 valence electrons. The maximum atomic E-state index is 12.4. The molecule has 0 spiro atoms. The van der Waals surface area contributed by atoms with E-state index in [0.717, 1.165) is 42.6 Å². The molecule has 2 aliphatic rings. The van der Waals surface area contributed by atoms with Crippen LogP contribution in [0.3, 0.4) is 0 Å². The Morgan fingerprint density at radius 1 is 1.19 bits per heavy atom. The van der Waals surface area contributed by atoms with Gasteiger partial charge in [-0.05, 0) is 43.7 Å². The third kappa shape index (κ3) is 4.89. The standard InChI is InChI=1S/C24H32N6O2/c1-29(2)24-27-14-19(20-6-4-5-11-25-20)22(28-24)17-9-7-16(8-10-17)13-26-23(32)18-12-21(31)30(3)15-18/h4-6,11,14,16-18H,7-10,12-13,15H2,1-3H3,(H,26,32). The van der Waals surface area contributed by atoms with E-state index in [4.69, 9.17) is 4.98 Å². The highest BCUT2D eigenvalue weighted by atomic mass is 16.2. The SMILES string of the molecule is CN1CC(C(=O)NCC2CCC(c3nc(N(C)C)ncc3-c3ccccn3)CC2)CC1=O. The lowest BCUT2D eigenvalue weighted by atomic mass is 9.79. The highest BCUT2D eigenvalue weighted by molar-refractivity contribution is 5.89. The van der Waals surface area contributed by atoms with Gasteiger partial charge < -0.3 is 15.1 Å². The van der Waals surface area contributed by atoms with Crippen LogP contribution in [0.4, 0.5) is 5.95 Å². The van der Waals surface area contributed by atoms with E-state index in [2.05, 4.69) is 15.3 Å². The zero-order valence-corrected chi connectivity index (χ0v) is 19.1. The molecule has 1 N–H and O–H groups in total. The summed E-state index contributed by atoms with van der Waals surface area (Å²) in [6, 6.07) is 5.91. The summed E-state index contributed by atoms with van der Waals surface area (Å²) in [5.41, 5.74) is 2.97. The van der Waals surface area contributed by atoms with Crippen LogP contribution in [-0.2, 0) is 9.59 Å². The Hall–Kier alpha value is -3.03. The molecule has 1 aliphatic heterocycles. The Labute approximate surface area is 189 Å². The minimum atomic E-state index is -0.213. The minimum Gasteiger partial charge on any atom is -0.356 e. The lowest BCUT2D eigenvalue weighted by Gasteiger charge is -2.30. The van der Waals surface area contributed by atoms with Crippen molar-refractivity contribution < 1.29 is 9.59 Å². The molecule has 8 nitrogen and oxygen atoms in total. The van der Waals surface area contributed by atoms with E-state index in [1.165, 1.54) is 0 Å². The van der Waals surface area contributed by atoms with Crippen LogP contribution in [0.25, 0.3) is 11.3 Å². The van der Waals surface area contributed by atoms with Crippen molar-refractivity contribution in [3.63, 3.8) is 0 Å². The van der Waals surface area contributed by atoms with Crippen LogP contribution >= 0.6 is 0 Å². The molecule has 1 aliphatic carbocycles. The number of aromatic nitrogens is 3. The number of nitrogens with zero attached hydrogens (tertiary/aromatic N) is 5. The quantitative estimate of drug-likeness (QED) is 0.748. The summed E-state index contributed by atoms with van der Waals surface area (Å²) in [5, 5.41) is 3.09. The summed E-state index contributed by atoms with van der Waals surface area (Å²) in [4.78, 5) is 41.7. The van der Waals surface area contributed by atoms with Crippen molar-refractivity contribution in [2.45, 2.75) is 38.0 Å². The summed E-state index contributed by atoms with van der Waals surface area (Å²) in [6.45, 7) is 1.20. The van der Waals surface area contributed by atoms with E-state index in [1.807, 2.05) is 43.4 Å². The van der Waals surface area contributed by atoms with Gasteiger partial charge >= 0.3 is 0 Å². The number of rotatable bonds is 6. The first kappa shape index (κ1) is 22.2. The molecule has 0 bridgehead atoms. The summed E-state index contributed by atoms with van der Waals surface area (Å²) >= 11 is 0. The molecule has 32 heavy (non-hydrogen) atoms. The topological polar surface area (TPSA) is 91.3 Å². The Balaban J connectivity index is 1.39. The zero-order chi connectivity index (χ0) is 22.7. The molecule has 1 saturated carbocycles. The van der Waals surface area contributed by atoms with E-state index < -0.39 is 0 Å². The van der Waals surface area contributed by atoms with Crippen LogP contribution in [0, 0.1) is 11.8 Å². The predicted octanol–water partition coefficient (Wildman–Crippen LogP) is 2.47. The van der Waals surface area contributed by atoms with E-state index in [1.54, 1.807) is 18.1 Å². The second-order valence-electron chi connectivity index (χ2n) is 9.22. The number of amides is 2. The average molecular weight is 437 g/mol. The molecule has 0 radical (unpaired) electrons. The van der Waals surface area contributed by atoms with Gasteiger partial charge in [0.2, 0.25) is 17.8 Å². The fraction of sp³-hybridized carbons (Fsp3) is 0.542. The van der Waals surface area contributed by atoms with Crippen molar-refractivity contribution in [2.24, 2.45) is 11.8 Å². The van der Waals surface area contributed by atoms with Gasteiger partial charge in [-0.1, -0.05) is 6.07 Å². The van der Waals surface area contributed by atoms with Crippen LogP contribution < -0.4 is 10.2 Å². The fourth-order valence-corrected chi connectivity index (χ4v) is 4.70. The van der Waals surface area contributed by atoms with Crippen molar-refractivity contribution >= 4 is 17.8 Å². The maximum absolute atomic E-state index is 12.4. The number of anilines is 1. The zero-order valence-electron chi connectivity index (χ0n) is 19.1. The van der Waals surface area contributed by atoms with Crippen molar-refractivity contribution in [1.29, 1.82) is 0 Å². The van der Waals surface area contributed by atoms with Crippen molar-refractivity contribution in [3.8, 4) is 11.3 Å². The molecule has 1 atom stereocenters. The first-order chi connectivity index (χ1) is 15.4. The van der Waals surface area contributed by atoms with Gasteiger partial charge in [0.25, 0.3) is 0 Å². The predicted molar refractivity (Wildman–Crippen MR) is 123 cm³/mol. The second-order valence-corrected chi connectivity index (χ2v) is 9.22. The van der Waals surface area contributed by atoms with Gasteiger partial charge in [0, 0.05) is 64.5 Å². The molecule has 4 rings (SSSR count). The van der Waals surface area contributed by atoms with Crippen LogP contribution in [-0.4, -0.2) is 65.9 Å². The molecular weight excluding hydrogens is 404 g/mol. The fourth-order valence-electron chi connectivity index (χ4n) is 4.70. The Morgan fingerprint density at radius 2 is 1.97 bits per heavy atom. The summed E-state index contributed by atoms with van der Waals surface area (Å²) in [5.74, 6) is 1.37. The van der Waals surface area contributed by atoms with Gasteiger partial charge in [-0.15, -0.1) is 0 Å². The first-order valence-corrected chi connectivity index (χ1v) is 11.4. The number of nitrogens with one attached hydrogen (secondary N) is 1. The highest BCUT2D eigenvalue weighted by Crippen LogP contribution is 2.39. The van der Waals surface area contributed by atoms with E-state index >= 15 is 0 Å². The van der Waals surface area contributed by atoms with E-state index in [0.29, 0.717) is 37.3 Å². The smallest absolute Gasteiger partial charge is 0.225 e. The molecule has 2 fully saturated rings. The molecule has 2 aromatic rings. The van der Waals surface area contributed by atoms with Crippen molar-refractivity contribution in [1.82, 2.24) is 25.2 Å². The van der Waals surface area contributed by atoms with Crippen LogP contribution in [0.1, 0.15) is 43.7 Å². The summed E-state index contributed by atoms with van der Waals surface area (Å²) in [6.07, 6.45) is 8.15. The molecule has 1 unspecified atom stereocenters. The number of carbonyl (C=O) groups is 2. The van der Waals surface area contributed by atoms with E-state index in [9.17, 15) is 9.59 Å². The molecule has 2 aromatic heterocycles. The molecular formula is C24H32N6O2. The first-order valence-electron chi connectivity index (χ1n) is 11.4. The van der Waals surface area contributed by atoms with Crippen molar-refractivity contribution in [2.75, 3.05) is 39.1 Å². The lowest BCUT2D eigenvalue weighted by molar-refractivity contribution is -0.128. The molecule has 2 amide bonds. The van der Waals surface area contributed by atoms with Gasteiger partial charge in [-0.2, -0.15) is 0 Å². The van der Waals surface area contributed by atoms with Crippen LogP contribution in [0.2, 0.25) is 0 Å². The largest absolute Gasteiger partial charge is 0.356 e. The Kier molecular flexibility index (Phi) is 6.67. The van der Waals surface area contributed by atoms with Gasteiger partial charge in [0.15, 0.2) is 0 Å². The van der Waals surface area contributed by atoms with Gasteiger partial charge in [0.1, 0.15) is 0 Å². The van der Waals surface area contributed by atoms with Crippen LogP contribution in [0.5, 0.6) is 0 Å². The number of pyridine rings is 1. The highest BCUT2D eigenvalue weighted by Gasteiger charge is 2.33. The normalized spacial score (nSPS) is 23.3. The van der Waals surface area contributed by atoms with Gasteiger partial charge in [0.05, 0.1) is 17.3 Å². The lowest BCUT2D eigenvalue weighted by Crippen LogP contribution is -2.36. The molecule has 1 saturated heterocycles. The Morgan fingerprint density at radius 3 is 2.59 bits per heavy atom. The van der Waals surface area contributed by atoms with Gasteiger partial charge in [-0.25, -0.2) is 9.97 Å². The Bertz CT molecular complexity index is 956. The number of carbonyl (C=O) groups excluding carboxylic acids is 2. The van der Waals surface area contributed by atoms with E-state index in [-0.39, 0.29) is 17.7 Å². The summed E-state index contributed by atoms with van der Waals surface area (Å²) < 4.78 is 0. The molecule has 8 heteroatoms. The third-order valence-electron chi connectivity index (χ3n) is 6.66. The monoisotopic (exact) mass is 436 g/mol. The average Bonchev–Trinajstić information content (AvgIpc) is 3.16. The third-order valence-corrected chi connectivity index (χ3v) is 6.66. The van der Waals surface area contributed by atoms with Crippen molar-refractivity contribution in [3.05, 3.63) is 36.3 Å². The molecule has 3 heterocycles. The van der Waals surface area contributed by atoms with Gasteiger partial charge in [-0.3, -0.25) is 14.6 Å². The maximum Gasteiger partial charge on any atom is 0.225 e. The molecule has 0 aromatic carbocycles. The number of hydrogen-bond acceptors (Lipinski definition) is 6. The minimum absolute atomic E-state index is 0.00804.